The van der Waals surface area contributed by atoms with Gasteiger partial charge in [0.25, 0.3) is 5.91 Å². The van der Waals surface area contributed by atoms with Gasteiger partial charge in [0.1, 0.15) is 0 Å². The molecule has 0 unspecified atom stereocenters. The van der Waals surface area contributed by atoms with Crippen molar-refractivity contribution in [3.05, 3.63) is 23.8 Å². The maximum atomic E-state index is 12.3. The third-order valence-corrected chi connectivity index (χ3v) is 3.45. The first-order valence-corrected chi connectivity index (χ1v) is 6.45. The molecular formula is C14H20N2O3. The van der Waals surface area contributed by atoms with Crippen LogP contribution in [-0.2, 0) is 0 Å². The van der Waals surface area contributed by atoms with Crippen LogP contribution < -0.4 is 10.5 Å². The van der Waals surface area contributed by atoms with Crippen LogP contribution in [0.1, 0.15) is 30.1 Å². The van der Waals surface area contributed by atoms with Gasteiger partial charge in [0.05, 0.1) is 37.1 Å². The molecule has 3 N–H and O–H groups in total. The van der Waals surface area contributed by atoms with Crippen LogP contribution in [0.2, 0.25) is 0 Å². The molecule has 0 aliphatic carbocycles. The highest BCUT2D eigenvalue weighted by Crippen LogP contribution is 2.31. The number of aliphatic hydroxyl groups is 1. The Hall–Kier alpha value is -1.75. The quantitative estimate of drug-likeness (QED) is 0.803. The van der Waals surface area contributed by atoms with Crippen LogP contribution in [0.3, 0.4) is 0 Å². The van der Waals surface area contributed by atoms with Crippen molar-refractivity contribution in [2.45, 2.75) is 25.4 Å². The second-order valence-corrected chi connectivity index (χ2v) is 5.06. The Kier molecular flexibility index (Phi) is 3.66. The zero-order valence-electron chi connectivity index (χ0n) is 11.3. The fraction of sp³-hybridized carbons (Fsp3) is 0.500. The number of carbonyl (C=O) groups excluding carboxylic acids is 1. The predicted molar refractivity (Wildman–Crippen MR) is 73.2 cm³/mol. The number of carbonyl (C=O) groups is 1. The monoisotopic (exact) mass is 264 g/mol. The summed E-state index contributed by atoms with van der Waals surface area (Å²) in [6.45, 7) is 2.76. The maximum absolute atomic E-state index is 12.3. The van der Waals surface area contributed by atoms with Gasteiger partial charge < -0.3 is 20.5 Å². The number of likely N-dealkylation sites (tertiary alicyclic amines) is 1. The van der Waals surface area contributed by atoms with Crippen molar-refractivity contribution in [3.63, 3.8) is 0 Å². The summed E-state index contributed by atoms with van der Waals surface area (Å²) < 4.78 is 5.18. The first-order valence-electron chi connectivity index (χ1n) is 6.45. The molecule has 1 saturated heterocycles. The summed E-state index contributed by atoms with van der Waals surface area (Å²) in [5.41, 5.74) is 5.95. The van der Waals surface area contributed by atoms with Crippen LogP contribution in [0.15, 0.2) is 18.2 Å². The van der Waals surface area contributed by atoms with Gasteiger partial charge in [0.2, 0.25) is 0 Å². The van der Waals surface area contributed by atoms with Crippen molar-refractivity contribution in [1.82, 2.24) is 4.90 Å². The van der Waals surface area contributed by atoms with Gasteiger partial charge in [-0.1, -0.05) is 19.4 Å². The fourth-order valence-corrected chi connectivity index (χ4v) is 2.55. The Morgan fingerprint density at radius 3 is 2.79 bits per heavy atom. The number of nitrogens with two attached hydrogens (primary N) is 1. The number of nitrogen functional groups attached to an aromatic ring is 1. The van der Waals surface area contributed by atoms with E-state index in [1.807, 2.05) is 6.92 Å². The molecule has 0 saturated carbocycles. The van der Waals surface area contributed by atoms with Gasteiger partial charge in [-0.15, -0.1) is 0 Å². The maximum Gasteiger partial charge on any atom is 0.257 e. The van der Waals surface area contributed by atoms with Crippen molar-refractivity contribution >= 4 is 11.6 Å². The number of methoxy groups -OCH3 is 1. The molecule has 1 heterocycles. The first-order chi connectivity index (χ1) is 9.00. The smallest absolute Gasteiger partial charge is 0.257 e. The van der Waals surface area contributed by atoms with Crippen LogP contribution in [0, 0.1) is 0 Å². The number of β-amino-alcohol motifs (C(OH)–C–C–N with tert-alkyl or cyclic N) is 1. The second kappa shape index (κ2) is 5.09. The van der Waals surface area contributed by atoms with Crippen molar-refractivity contribution in [3.8, 4) is 5.75 Å². The standard InChI is InChI=1S/C14H20N2O3/c1-3-7-14(18)8-16(9-14)13(17)10-5-4-6-11(15)12(10)19-2/h4-6,18H,3,7-9,15H2,1-2H3. The summed E-state index contributed by atoms with van der Waals surface area (Å²) in [7, 11) is 1.49. The molecule has 5 heteroatoms. The molecule has 1 aromatic rings. The lowest BCUT2D eigenvalue weighted by Gasteiger charge is -2.46. The van der Waals surface area contributed by atoms with Gasteiger partial charge in [0.15, 0.2) is 5.75 Å². The van der Waals surface area contributed by atoms with E-state index in [-0.39, 0.29) is 5.91 Å². The van der Waals surface area contributed by atoms with Crippen LogP contribution in [-0.4, -0.2) is 41.7 Å². The number of amides is 1. The van der Waals surface area contributed by atoms with Gasteiger partial charge in [-0.2, -0.15) is 0 Å². The van der Waals surface area contributed by atoms with Crippen molar-refractivity contribution < 1.29 is 14.6 Å². The third kappa shape index (κ3) is 2.51. The summed E-state index contributed by atoms with van der Waals surface area (Å²) in [5.74, 6) is 0.253. The lowest BCUT2D eigenvalue weighted by molar-refractivity contribution is -0.0860. The minimum Gasteiger partial charge on any atom is -0.494 e. The van der Waals surface area contributed by atoms with Gasteiger partial charge in [0, 0.05) is 0 Å². The number of hydrogen-bond donors (Lipinski definition) is 2. The second-order valence-electron chi connectivity index (χ2n) is 5.06. The molecule has 0 aromatic heterocycles. The van der Waals surface area contributed by atoms with E-state index >= 15 is 0 Å². The number of para-hydroxylation sites is 1. The molecule has 1 aromatic carbocycles. The average Bonchev–Trinajstić information content (AvgIpc) is 2.35. The number of anilines is 1. The van der Waals surface area contributed by atoms with Crippen LogP contribution in [0.5, 0.6) is 5.75 Å². The van der Waals surface area contributed by atoms with E-state index < -0.39 is 5.60 Å². The number of nitrogens with zero attached hydrogens (tertiary/aromatic N) is 1. The first kappa shape index (κ1) is 13.7. The normalized spacial score (nSPS) is 16.9. The molecule has 1 aliphatic rings. The summed E-state index contributed by atoms with van der Waals surface area (Å²) in [6, 6.07) is 5.11. The van der Waals surface area contributed by atoms with E-state index in [0.29, 0.717) is 36.5 Å². The Balaban J connectivity index is 2.13. The fourth-order valence-electron chi connectivity index (χ4n) is 2.55. The molecule has 1 amide bonds. The van der Waals surface area contributed by atoms with E-state index in [0.717, 1.165) is 6.42 Å². The zero-order valence-corrected chi connectivity index (χ0v) is 11.3. The predicted octanol–water partition coefficient (Wildman–Crippen LogP) is 1.26. The minimum absolute atomic E-state index is 0.148. The third-order valence-electron chi connectivity index (χ3n) is 3.45. The Morgan fingerprint density at radius 2 is 2.21 bits per heavy atom. The highest BCUT2D eigenvalue weighted by molar-refractivity contribution is 5.99. The molecule has 0 radical (unpaired) electrons. The molecule has 5 nitrogen and oxygen atoms in total. The Bertz CT molecular complexity index is 482. The highest BCUT2D eigenvalue weighted by atomic mass is 16.5. The van der Waals surface area contributed by atoms with Gasteiger partial charge in [-0.05, 0) is 18.6 Å². The molecule has 2 rings (SSSR count). The van der Waals surface area contributed by atoms with E-state index in [4.69, 9.17) is 10.5 Å². The van der Waals surface area contributed by atoms with E-state index in [1.165, 1.54) is 7.11 Å². The summed E-state index contributed by atoms with van der Waals surface area (Å²) >= 11 is 0. The summed E-state index contributed by atoms with van der Waals surface area (Å²) in [5, 5.41) is 10.1. The SMILES string of the molecule is CCCC1(O)CN(C(=O)c2cccc(N)c2OC)C1. The van der Waals surface area contributed by atoms with Gasteiger partial charge in [-0.25, -0.2) is 0 Å². The van der Waals surface area contributed by atoms with Crippen molar-refractivity contribution in [2.24, 2.45) is 0 Å². The number of hydrogen-bond acceptors (Lipinski definition) is 4. The molecule has 19 heavy (non-hydrogen) atoms. The lowest BCUT2D eigenvalue weighted by atomic mass is 9.88. The molecule has 0 spiro atoms. The Morgan fingerprint density at radius 1 is 1.53 bits per heavy atom. The lowest BCUT2D eigenvalue weighted by Crippen LogP contribution is -2.63. The summed E-state index contributed by atoms with van der Waals surface area (Å²) in [6.07, 6.45) is 1.62. The molecular weight excluding hydrogens is 244 g/mol. The minimum atomic E-state index is -0.724. The van der Waals surface area contributed by atoms with Crippen LogP contribution in [0.4, 0.5) is 5.69 Å². The molecule has 1 fully saturated rings. The van der Waals surface area contributed by atoms with E-state index in [1.54, 1.807) is 23.1 Å². The average molecular weight is 264 g/mol. The van der Waals surface area contributed by atoms with E-state index in [9.17, 15) is 9.90 Å². The number of rotatable bonds is 4. The molecule has 0 bridgehead atoms. The molecule has 1 aliphatic heterocycles. The largest absolute Gasteiger partial charge is 0.494 e. The van der Waals surface area contributed by atoms with Crippen LogP contribution >= 0.6 is 0 Å². The number of ether oxygens (including phenoxy) is 1. The van der Waals surface area contributed by atoms with Gasteiger partial charge in [-0.3, -0.25) is 4.79 Å². The summed E-state index contributed by atoms with van der Waals surface area (Å²) in [4.78, 5) is 13.9. The molecule has 0 atom stereocenters. The van der Waals surface area contributed by atoms with Crippen LogP contribution in [0.25, 0.3) is 0 Å². The Labute approximate surface area is 113 Å². The van der Waals surface area contributed by atoms with Gasteiger partial charge >= 0.3 is 0 Å². The highest BCUT2D eigenvalue weighted by Gasteiger charge is 2.43. The van der Waals surface area contributed by atoms with Crippen molar-refractivity contribution in [2.75, 3.05) is 25.9 Å². The van der Waals surface area contributed by atoms with E-state index in [2.05, 4.69) is 0 Å². The van der Waals surface area contributed by atoms with Crippen molar-refractivity contribution in [1.29, 1.82) is 0 Å². The molecule has 104 valence electrons. The topological polar surface area (TPSA) is 75.8 Å². The zero-order chi connectivity index (χ0) is 14.0. The number of benzene rings is 1.